The zero-order valence-electron chi connectivity index (χ0n) is 11.4. The van der Waals surface area contributed by atoms with Crippen molar-refractivity contribution in [3.8, 4) is 0 Å². The first-order valence-electron chi connectivity index (χ1n) is 5.97. The van der Waals surface area contributed by atoms with Crippen LogP contribution in [0.1, 0.15) is 36.9 Å². The van der Waals surface area contributed by atoms with E-state index in [9.17, 15) is 9.59 Å². The van der Waals surface area contributed by atoms with E-state index in [2.05, 4.69) is 10.3 Å². The summed E-state index contributed by atoms with van der Waals surface area (Å²) in [6.07, 6.45) is 0. The SMILES string of the molecule is Cc1cc(C)cc(C(=O)Nc2nc(C)c(C(=O)O)s2)c1. The van der Waals surface area contributed by atoms with Gasteiger partial charge in [0, 0.05) is 5.56 Å². The minimum Gasteiger partial charge on any atom is -0.477 e. The summed E-state index contributed by atoms with van der Waals surface area (Å²) in [5.74, 6) is -1.32. The van der Waals surface area contributed by atoms with E-state index in [0.29, 0.717) is 16.4 Å². The number of aromatic carboxylic acids is 1. The number of aromatic nitrogens is 1. The molecule has 2 aromatic rings. The zero-order valence-corrected chi connectivity index (χ0v) is 12.2. The van der Waals surface area contributed by atoms with Crippen molar-refractivity contribution in [3.05, 3.63) is 45.5 Å². The van der Waals surface area contributed by atoms with Gasteiger partial charge in [0.25, 0.3) is 5.91 Å². The molecule has 0 aliphatic rings. The van der Waals surface area contributed by atoms with E-state index >= 15 is 0 Å². The molecule has 0 fully saturated rings. The molecule has 0 radical (unpaired) electrons. The molecule has 1 aromatic heterocycles. The topological polar surface area (TPSA) is 79.3 Å². The van der Waals surface area contributed by atoms with E-state index in [-0.39, 0.29) is 10.8 Å². The van der Waals surface area contributed by atoms with Gasteiger partial charge in [0.2, 0.25) is 0 Å². The number of hydrogen-bond acceptors (Lipinski definition) is 4. The molecule has 1 amide bonds. The molecule has 0 saturated heterocycles. The Kier molecular flexibility index (Phi) is 3.85. The summed E-state index contributed by atoms with van der Waals surface area (Å²) in [4.78, 5) is 27.2. The molecule has 1 heterocycles. The molecule has 2 N–H and O–H groups in total. The summed E-state index contributed by atoms with van der Waals surface area (Å²) in [5, 5.41) is 11.9. The van der Waals surface area contributed by atoms with E-state index in [1.165, 1.54) is 0 Å². The minimum atomic E-state index is -1.04. The number of anilines is 1. The van der Waals surface area contributed by atoms with Crippen molar-refractivity contribution in [2.75, 3.05) is 5.32 Å². The first-order chi connectivity index (χ1) is 9.36. The monoisotopic (exact) mass is 290 g/mol. The molecule has 0 bridgehead atoms. The lowest BCUT2D eigenvalue weighted by molar-refractivity contribution is 0.0701. The van der Waals surface area contributed by atoms with Crippen LogP contribution in [0.15, 0.2) is 18.2 Å². The summed E-state index contributed by atoms with van der Waals surface area (Å²) in [6, 6.07) is 5.54. The Bertz CT molecular complexity index is 671. The van der Waals surface area contributed by atoms with E-state index in [0.717, 1.165) is 22.5 Å². The van der Waals surface area contributed by atoms with Crippen molar-refractivity contribution in [3.63, 3.8) is 0 Å². The van der Waals surface area contributed by atoms with Crippen molar-refractivity contribution in [1.82, 2.24) is 4.98 Å². The number of carbonyl (C=O) groups is 2. The summed E-state index contributed by atoms with van der Waals surface area (Å²) >= 11 is 0.956. The number of nitrogens with one attached hydrogen (secondary N) is 1. The Morgan fingerprint density at radius 1 is 1.15 bits per heavy atom. The maximum atomic E-state index is 12.1. The van der Waals surface area contributed by atoms with Crippen molar-refractivity contribution < 1.29 is 14.7 Å². The van der Waals surface area contributed by atoms with Gasteiger partial charge < -0.3 is 5.11 Å². The molecule has 20 heavy (non-hydrogen) atoms. The van der Waals surface area contributed by atoms with Crippen LogP contribution in [0.3, 0.4) is 0 Å². The third-order valence-electron chi connectivity index (χ3n) is 2.70. The molecule has 0 atom stereocenters. The Balaban J connectivity index is 2.23. The van der Waals surface area contributed by atoms with Crippen molar-refractivity contribution in [2.45, 2.75) is 20.8 Å². The number of thiazole rings is 1. The molecule has 0 spiro atoms. The van der Waals surface area contributed by atoms with Crippen LogP contribution in [0.5, 0.6) is 0 Å². The number of rotatable bonds is 3. The van der Waals surface area contributed by atoms with Crippen LogP contribution in [0, 0.1) is 20.8 Å². The first-order valence-corrected chi connectivity index (χ1v) is 6.79. The third-order valence-corrected chi connectivity index (χ3v) is 3.76. The van der Waals surface area contributed by atoms with E-state index in [1.807, 2.05) is 19.9 Å². The summed E-state index contributed by atoms with van der Waals surface area (Å²) < 4.78 is 0. The average Bonchev–Trinajstić information content (AvgIpc) is 2.69. The molecule has 0 aliphatic heterocycles. The average molecular weight is 290 g/mol. The number of nitrogens with zero attached hydrogens (tertiary/aromatic N) is 1. The second kappa shape index (κ2) is 5.42. The molecule has 104 valence electrons. The molecule has 6 heteroatoms. The van der Waals surface area contributed by atoms with Gasteiger partial charge >= 0.3 is 5.97 Å². The Hall–Kier alpha value is -2.21. The number of benzene rings is 1. The summed E-state index contributed by atoms with van der Waals surface area (Å²) in [5.41, 5.74) is 2.93. The molecule has 2 rings (SSSR count). The zero-order chi connectivity index (χ0) is 14.9. The fourth-order valence-electron chi connectivity index (χ4n) is 1.92. The highest BCUT2D eigenvalue weighted by atomic mass is 32.1. The number of carboxylic acid groups (broad SMARTS) is 1. The lowest BCUT2D eigenvalue weighted by atomic mass is 10.1. The standard InChI is InChI=1S/C14H14N2O3S/c1-7-4-8(2)6-10(5-7)12(17)16-14-15-9(3)11(20-14)13(18)19/h4-6H,1-3H3,(H,18,19)(H,15,16,17). The third kappa shape index (κ3) is 3.03. The molecule has 0 saturated carbocycles. The Labute approximate surface area is 120 Å². The van der Waals surface area contributed by atoms with Gasteiger partial charge in [0.15, 0.2) is 5.13 Å². The first kappa shape index (κ1) is 14.2. The van der Waals surface area contributed by atoms with Crippen molar-refractivity contribution in [1.29, 1.82) is 0 Å². The molecular formula is C14H14N2O3S. The van der Waals surface area contributed by atoms with Gasteiger partial charge in [-0.05, 0) is 32.9 Å². The van der Waals surface area contributed by atoms with Crippen LogP contribution in [0.2, 0.25) is 0 Å². The van der Waals surface area contributed by atoms with Crippen molar-refractivity contribution in [2.24, 2.45) is 0 Å². The van der Waals surface area contributed by atoms with Gasteiger partial charge in [0.1, 0.15) is 4.88 Å². The number of hydrogen-bond donors (Lipinski definition) is 2. The quantitative estimate of drug-likeness (QED) is 0.910. The van der Waals surface area contributed by atoms with Gasteiger partial charge in [-0.15, -0.1) is 0 Å². The predicted molar refractivity (Wildman–Crippen MR) is 77.7 cm³/mol. The van der Waals surface area contributed by atoms with Gasteiger partial charge in [0.05, 0.1) is 5.69 Å². The Morgan fingerprint density at radius 3 is 2.25 bits per heavy atom. The summed E-state index contributed by atoms with van der Waals surface area (Å²) in [6.45, 7) is 5.44. The number of amides is 1. The van der Waals surface area contributed by atoms with Crippen LogP contribution >= 0.6 is 11.3 Å². The number of carboxylic acids is 1. The fraction of sp³-hybridized carbons (Fsp3) is 0.214. The second-order valence-electron chi connectivity index (χ2n) is 4.57. The van der Waals surface area contributed by atoms with Crippen LogP contribution in [-0.2, 0) is 0 Å². The number of aryl methyl sites for hydroxylation is 3. The Morgan fingerprint density at radius 2 is 1.75 bits per heavy atom. The van der Waals surface area contributed by atoms with Crippen LogP contribution in [-0.4, -0.2) is 22.0 Å². The van der Waals surface area contributed by atoms with Crippen LogP contribution in [0.25, 0.3) is 0 Å². The van der Waals surface area contributed by atoms with E-state index in [1.54, 1.807) is 19.1 Å². The minimum absolute atomic E-state index is 0.140. The second-order valence-corrected chi connectivity index (χ2v) is 5.57. The lowest BCUT2D eigenvalue weighted by Crippen LogP contribution is -2.12. The van der Waals surface area contributed by atoms with E-state index < -0.39 is 5.97 Å². The van der Waals surface area contributed by atoms with Gasteiger partial charge in [-0.25, -0.2) is 9.78 Å². The van der Waals surface area contributed by atoms with Crippen molar-refractivity contribution >= 4 is 28.3 Å². The number of carbonyl (C=O) groups excluding carboxylic acids is 1. The molecular weight excluding hydrogens is 276 g/mol. The van der Waals surface area contributed by atoms with Crippen LogP contribution in [0.4, 0.5) is 5.13 Å². The van der Waals surface area contributed by atoms with Gasteiger partial charge in [-0.3, -0.25) is 10.1 Å². The fourth-order valence-corrected chi connectivity index (χ4v) is 2.72. The lowest BCUT2D eigenvalue weighted by Gasteiger charge is -2.04. The maximum Gasteiger partial charge on any atom is 0.347 e. The molecule has 0 unspecified atom stereocenters. The van der Waals surface area contributed by atoms with Gasteiger partial charge in [-0.1, -0.05) is 28.5 Å². The largest absolute Gasteiger partial charge is 0.477 e. The van der Waals surface area contributed by atoms with Crippen LogP contribution < -0.4 is 5.32 Å². The molecule has 0 aliphatic carbocycles. The summed E-state index contributed by atoms with van der Waals surface area (Å²) in [7, 11) is 0. The molecule has 5 nitrogen and oxygen atoms in total. The highest BCUT2D eigenvalue weighted by molar-refractivity contribution is 7.17. The van der Waals surface area contributed by atoms with E-state index in [4.69, 9.17) is 5.11 Å². The smallest absolute Gasteiger partial charge is 0.347 e. The highest BCUT2D eigenvalue weighted by Gasteiger charge is 2.16. The van der Waals surface area contributed by atoms with Gasteiger partial charge in [-0.2, -0.15) is 0 Å². The maximum absolute atomic E-state index is 12.1. The molecule has 1 aromatic carbocycles. The normalized spacial score (nSPS) is 10.3. The highest BCUT2D eigenvalue weighted by Crippen LogP contribution is 2.23. The predicted octanol–water partition coefficient (Wildman–Crippen LogP) is 3.02.